The van der Waals surface area contributed by atoms with Crippen molar-refractivity contribution >= 4 is 17.6 Å². The van der Waals surface area contributed by atoms with Crippen LogP contribution in [-0.4, -0.2) is 17.0 Å². The van der Waals surface area contributed by atoms with Gasteiger partial charge in [0.05, 0.1) is 11.3 Å². The molecule has 2 N–H and O–H groups in total. The number of carboxylic acids is 1. The third kappa shape index (κ3) is 3.43. The van der Waals surface area contributed by atoms with Crippen LogP contribution in [0.15, 0.2) is 72.8 Å². The molecule has 0 radical (unpaired) electrons. The smallest absolute Gasteiger partial charge is 0.337 e. The van der Waals surface area contributed by atoms with Gasteiger partial charge in [-0.25, -0.2) is 4.79 Å². The first-order chi connectivity index (χ1) is 12.1. The van der Waals surface area contributed by atoms with Crippen LogP contribution in [0.3, 0.4) is 0 Å². The topological polar surface area (TPSA) is 66.4 Å². The Morgan fingerprint density at radius 3 is 2.00 bits per heavy atom. The SMILES string of the molecule is Cc1ccccc1-c1ccccc1C(=O)Nc1ccccc1C(=O)O. The van der Waals surface area contributed by atoms with E-state index in [0.29, 0.717) is 5.56 Å². The molecule has 0 aliphatic carbocycles. The molecule has 3 rings (SSSR count). The van der Waals surface area contributed by atoms with Crippen molar-refractivity contribution in [3.05, 3.63) is 89.5 Å². The molecular formula is C21H17NO3. The Labute approximate surface area is 145 Å². The van der Waals surface area contributed by atoms with Crippen molar-refractivity contribution in [1.82, 2.24) is 0 Å². The summed E-state index contributed by atoms with van der Waals surface area (Å²) in [6.45, 7) is 1.99. The Hall–Kier alpha value is -3.40. The van der Waals surface area contributed by atoms with E-state index in [-0.39, 0.29) is 17.2 Å². The predicted molar refractivity (Wildman–Crippen MR) is 98.0 cm³/mol. The Morgan fingerprint density at radius 2 is 1.32 bits per heavy atom. The van der Waals surface area contributed by atoms with Crippen molar-refractivity contribution in [2.45, 2.75) is 6.92 Å². The van der Waals surface area contributed by atoms with E-state index in [0.717, 1.165) is 16.7 Å². The highest BCUT2D eigenvalue weighted by molar-refractivity contribution is 6.11. The number of carbonyl (C=O) groups is 2. The molecule has 3 aromatic rings. The van der Waals surface area contributed by atoms with Crippen molar-refractivity contribution < 1.29 is 14.7 Å². The third-order valence-corrected chi connectivity index (χ3v) is 4.01. The summed E-state index contributed by atoms with van der Waals surface area (Å²) in [5.41, 5.74) is 3.68. The maximum atomic E-state index is 12.8. The number of benzene rings is 3. The number of carboxylic acid groups (broad SMARTS) is 1. The van der Waals surface area contributed by atoms with Gasteiger partial charge >= 0.3 is 5.97 Å². The number of hydrogen-bond acceptors (Lipinski definition) is 2. The van der Waals surface area contributed by atoms with Crippen LogP contribution in [0.5, 0.6) is 0 Å². The quantitative estimate of drug-likeness (QED) is 0.733. The monoisotopic (exact) mass is 331 g/mol. The molecule has 0 unspecified atom stereocenters. The highest BCUT2D eigenvalue weighted by Gasteiger charge is 2.16. The molecule has 3 aromatic carbocycles. The second-order valence-corrected chi connectivity index (χ2v) is 5.67. The standard InChI is InChI=1S/C21H17NO3/c1-14-8-2-3-9-15(14)16-10-4-5-11-17(16)20(23)22-19-13-7-6-12-18(19)21(24)25/h2-13H,1H3,(H,22,23)(H,24,25). The summed E-state index contributed by atoms with van der Waals surface area (Å²) >= 11 is 0. The first-order valence-electron chi connectivity index (χ1n) is 7.86. The molecule has 0 aliphatic rings. The Balaban J connectivity index is 2.00. The van der Waals surface area contributed by atoms with E-state index in [1.807, 2.05) is 43.3 Å². The van der Waals surface area contributed by atoms with E-state index in [4.69, 9.17) is 0 Å². The average Bonchev–Trinajstić information content (AvgIpc) is 2.62. The lowest BCUT2D eigenvalue weighted by atomic mass is 9.95. The van der Waals surface area contributed by atoms with E-state index in [9.17, 15) is 14.7 Å². The normalized spacial score (nSPS) is 10.3. The van der Waals surface area contributed by atoms with Crippen LogP contribution in [0, 0.1) is 6.92 Å². The van der Waals surface area contributed by atoms with Crippen LogP contribution >= 0.6 is 0 Å². The summed E-state index contributed by atoms with van der Waals surface area (Å²) in [6.07, 6.45) is 0. The van der Waals surface area contributed by atoms with Crippen LogP contribution in [0.2, 0.25) is 0 Å². The Bertz CT molecular complexity index is 947. The number of anilines is 1. The number of carbonyl (C=O) groups excluding carboxylic acids is 1. The molecule has 0 bridgehead atoms. The first-order valence-corrected chi connectivity index (χ1v) is 7.86. The minimum atomic E-state index is -1.08. The number of para-hydroxylation sites is 1. The number of amides is 1. The van der Waals surface area contributed by atoms with Crippen molar-refractivity contribution in [3.63, 3.8) is 0 Å². The van der Waals surface area contributed by atoms with E-state index in [1.165, 1.54) is 6.07 Å². The van der Waals surface area contributed by atoms with Crippen molar-refractivity contribution in [2.24, 2.45) is 0 Å². The van der Waals surface area contributed by atoms with Crippen LogP contribution in [0.1, 0.15) is 26.3 Å². The van der Waals surface area contributed by atoms with E-state index in [1.54, 1.807) is 30.3 Å². The minimum Gasteiger partial charge on any atom is -0.478 e. The lowest BCUT2D eigenvalue weighted by Gasteiger charge is -2.13. The second kappa shape index (κ2) is 7.01. The highest BCUT2D eigenvalue weighted by Crippen LogP contribution is 2.27. The van der Waals surface area contributed by atoms with E-state index in [2.05, 4.69) is 5.32 Å². The van der Waals surface area contributed by atoms with Crippen LogP contribution in [0.4, 0.5) is 5.69 Å². The average molecular weight is 331 g/mol. The van der Waals surface area contributed by atoms with Crippen molar-refractivity contribution in [1.29, 1.82) is 0 Å². The third-order valence-electron chi connectivity index (χ3n) is 4.01. The molecule has 0 fully saturated rings. The zero-order valence-electron chi connectivity index (χ0n) is 13.7. The summed E-state index contributed by atoms with van der Waals surface area (Å²) in [7, 11) is 0. The number of aromatic carboxylic acids is 1. The molecule has 0 atom stereocenters. The Morgan fingerprint density at radius 1 is 0.760 bits per heavy atom. The maximum absolute atomic E-state index is 12.8. The molecule has 124 valence electrons. The van der Waals surface area contributed by atoms with Gasteiger partial charge in [-0.2, -0.15) is 0 Å². The Kier molecular flexibility index (Phi) is 4.61. The van der Waals surface area contributed by atoms with Gasteiger partial charge in [0.25, 0.3) is 5.91 Å². The van der Waals surface area contributed by atoms with Gasteiger partial charge in [-0.15, -0.1) is 0 Å². The second-order valence-electron chi connectivity index (χ2n) is 5.67. The fraction of sp³-hybridized carbons (Fsp3) is 0.0476. The fourth-order valence-electron chi connectivity index (χ4n) is 2.76. The molecule has 0 heterocycles. The zero-order chi connectivity index (χ0) is 17.8. The van der Waals surface area contributed by atoms with Gasteiger partial charge in [-0.05, 0) is 41.8 Å². The molecule has 25 heavy (non-hydrogen) atoms. The predicted octanol–water partition coefficient (Wildman–Crippen LogP) is 4.61. The van der Waals surface area contributed by atoms with Gasteiger partial charge in [0.15, 0.2) is 0 Å². The van der Waals surface area contributed by atoms with E-state index >= 15 is 0 Å². The molecule has 0 saturated carbocycles. The van der Waals surface area contributed by atoms with Gasteiger partial charge in [0, 0.05) is 5.56 Å². The van der Waals surface area contributed by atoms with Gasteiger partial charge < -0.3 is 10.4 Å². The van der Waals surface area contributed by atoms with Crippen molar-refractivity contribution in [3.8, 4) is 11.1 Å². The van der Waals surface area contributed by atoms with Gasteiger partial charge in [-0.3, -0.25) is 4.79 Å². The van der Waals surface area contributed by atoms with E-state index < -0.39 is 5.97 Å². The molecule has 0 aliphatic heterocycles. The summed E-state index contributed by atoms with van der Waals surface area (Å²) in [4.78, 5) is 24.1. The summed E-state index contributed by atoms with van der Waals surface area (Å²) in [5, 5.41) is 12.0. The van der Waals surface area contributed by atoms with Crippen LogP contribution in [0.25, 0.3) is 11.1 Å². The molecule has 1 amide bonds. The zero-order valence-corrected chi connectivity index (χ0v) is 13.7. The van der Waals surface area contributed by atoms with Crippen LogP contribution < -0.4 is 5.32 Å². The molecule has 0 aromatic heterocycles. The first kappa shape index (κ1) is 16.5. The van der Waals surface area contributed by atoms with Gasteiger partial charge in [0.1, 0.15) is 0 Å². The highest BCUT2D eigenvalue weighted by atomic mass is 16.4. The number of nitrogens with one attached hydrogen (secondary N) is 1. The van der Waals surface area contributed by atoms with Crippen molar-refractivity contribution in [2.75, 3.05) is 5.32 Å². The fourth-order valence-corrected chi connectivity index (χ4v) is 2.76. The number of rotatable bonds is 4. The lowest BCUT2D eigenvalue weighted by molar-refractivity contribution is 0.0698. The van der Waals surface area contributed by atoms with Gasteiger partial charge in [0.2, 0.25) is 0 Å². The molecular weight excluding hydrogens is 314 g/mol. The largest absolute Gasteiger partial charge is 0.478 e. The lowest BCUT2D eigenvalue weighted by Crippen LogP contribution is -2.15. The summed E-state index contributed by atoms with van der Waals surface area (Å²) in [6, 6.07) is 21.5. The summed E-state index contributed by atoms with van der Waals surface area (Å²) < 4.78 is 0. The minimum absolute atomic E-state index is 0.0595. The molecule has 0 spiro atoms. The number of hydrogen-bond donors (Lipinski definition) is 2. The van der Waals surface area contributed by atoms with Crippen LogP contribution in [-0.2, 0) is 0 Å². The molecule has 4 heteroatoms. The maximum Gasteiger partial charge on any atom is 0.337 e. The summed E-state index contributed by atoms with van der Waals surface area (Å²) in [5.74, 6) is -1.42. The number of aryl methyl sites for hydroxylation is 1. The van der Waals surface area contributed by atoms with Gasteiger partial charge in [-0.1, -0.05) is 54.6 Å². The molecule has 0 saturated heterocycles. The molecule has 4 nitrogen and oxygen atoms in total.